The predicted molar refractivity (Wildman–Crippen MR) is 89.2 cm³/mol. The van der Waals surface area contributed by atoms with Crippen molar-refractivity contribution in [2.24, 2.45) is 0 Å². The molecule has 4 aromatic rings. The molecule has 0 saturated carbocycles. The highest BCUT2D eigenvalue weighted by molar-refractivity contribution is 6.15. The van der Waals surface area contributed by atoms with Crippen LogP contribution < -0.4 is 4.74 Å². The molecule has 2 aromatic carbocycles. The molecule has 3 heteroatoms. The first-order valence-electron chi connectivity index (χ1n) is 7.19. The van der Waals surface area contributed by atoms with E-state index in [-0.39, 0.29) is 0 Å². The van der Waals surface area contributed by atoms with Crippen LogP contribution in [0.4, 0.5) is 0 Å². The van der Waals surface area contributed by atoms with Crippen LogP contribution in [0.1, 0.15) is 5.56 Å². The summed E-state index contributed by atoms with van der Waals surface area (Å²) in [6.45, 7) is 2.06. The Morgan fingerprint density at radius 1 is 1.23 bits per heavy atom. The number of methoxy groups -OCH3 is 1. The van der Waals surface area contributed by atoms with E-state index in [1.54, 1.807) is 7.11 Å². The van der Waals surface area contributed by atoms with Crippen LogP contribution >= 0.6 is 0 Å². The van der Waals surface area contributed by atoms with Gasteiger partial charge in [0.25, 0.3) is 0 Å². The quantitative estimate of drug-likeness (QED) is 0.589. The molecule has 22 heavy (non-hydrogen) atoms. The Hall–Kier alpha value is -2.81. The molecular formula is C19H15N2O. The molecule has 0 bridgehead atoms. The number of aryl methyl sites for hydroxylation is 1. The maximum absolute atomic E-state index is 5.51. The molecule has 0 fully saturated rings. The minimum absolute atomic E-state index is 0.828. The zero-order chi connectivity index (χ0) is 15.1. The molecule has 0 aliphatic carbocycles. The number of rotatable bonds is 2. The Kier molecular flexibility index (Phi) is 2.86. The van der Waals surface area contributed by atoms with Crippen LogP contribution in [0.5, 0.6) is 5.75 Å². The third-order valence-electron chi connectivity index (χ3n) is 3.94. The highest BCUT2D eigenvalue weighted by Crippen LogP contribution is 2.38. The van der Waals surface area contributed by atoms with E-state index in [4.69, 9.17) is 4.74 Å². The van der Waals surface area contributed by atoms with Crippen molar-refractivity contribution in [2.45, 2.75) is 6.92 Å². The lowest BCUT2D eigenvalue weighted by atomic mass is 9.99. The first-order valence-corrected chi connectivity index (χ1v) is 7.19. The van der Waals surface area contributed by atoms with Gasteiger partial charge in [-0.25, -0.2) is 4.98 Å². The number of benzene rings is 2. The van der Waals surface area contributed by atoms with Crippen molar-refractivity contribution in [2.75, 3.05) is 7.11 Å². The van der Waals surface area contributed by atoms with E-state index >= 15 is 0 Å². The van der Waals surface area contributed by atoms with Crippen molar-refractivity contribution in [1.29, 1.82) is 0 Å². The standard InChI is InChI=1S/C19H15N2O/c1-12-10-15-17-14(13-6-4-3-5-7-13)8-9-16(22-2)18(17)21-19(15)20-11-12/h3-4,6-11H,1-2H3,(H,20,21). The predicted octanol–water partition coefficient (Wildman–Crippen LogP) is 4.50. The topological polar surface area (TPSA) is 37.9 Å². The summed E-state index contributed by atoms with van der Waals surface area (Å²) >= 11 is 0. The average Bonchev–Trinajstić information content (AvgIpc) is 2.93. The van der Waals surface area contributed by atoms with Gasteiger partial charge in [0.2, 0.25) is 0 Å². The monoisotopic (exact) mass is 287 g/mol. The lowest BCUT2D eigenvalue weighted by molar-refractivity contribution is 0.419. The summed E-state index contributed by atoms with van der Waals surface area (Å²) in [5.74, 6) is 0.828. The van der Waals surface area contributed by atoms with Gasteiger partial charge in [-0.2, -0.15) is 0 Å². The van der Waals surface area contributed by atoms with E-state index in [1.807, 2.05) is 30.5 Å². The normalized spacial score (nSPS) is 11.2. The van der Waals surface area contributed by atoms with E-state index in [1.165, 1.54) is 0 Å². The van der Waals surface area contributed by atoms with Crippen LogP contribution in [0.2, 0.25) is 0 Å². The second-order valence-electron chi connectivity index (χ2n) is 5.39. The van der Waals surface area contributed by atoms with Crippen molar-refractivity contribution >= 4 is 21.9 Å². The Morgan fingerprint density at radius 3 is 2.91 bits per heavy atom. The Bertz CT molecular complexity index is 971. The molecule has 1 radical (unpaired) electrons. The van der Waals surface area contributed by atoms with E-state index in [2.05, 4.69) is 41.2 Å². The first-order chi connectivity index (χ1) is 10.8. The number of aromatic amines is 1. The number of H-pyrrole nitrogens is 1. The summed E-state index contributed by atoms with van der Waals surface area (Å²) in [6, 6.07) is 17.4. The molecule has 0 spiro atoms. The van der Waals surface area contributed by atoms with Crippen molar-refractivity contribution in [3.05, 3.63) is 60.3 Å². The summed E-state index contributed by atoms with van der Waals surface area (Å²) in [5.41, 5.74) is 5.30. The van der Waals surface area contributed by atoms with E-state index in [9.17, 15) is 0 Å². The zero-order valence-corrected chi connectivity index (χ0v) is 12.5. The van der Waals surface area contributed by atoms with Crippen molar-refractivity contribution < 1.29 is 4.74 Å². The number of fused-ring (bicyclic) bond motifs is 3. The second kappa shape index (κ2) is 4.88. The van der Waals surface area contributed by atoms with Gasteiger partial charge in [-0.1, -0.05) is 18.2 Å². The molecule has 2 heterocycles. The van der Waals surface area contributed by atoms with Crippen molar-refractivity contribution in [3.63, 3.8) is 0 Å². The number of pyridine rings is 1. The van der Waals surface area contributed by atoms with Gasteiger partial charge in [0.15, 0.2) is 0 Å². The molecule has 0 amide bonds. The highest BCUT2D eigenvalue weighted by atomic mass is 16.5. The lowest BCUT2D eigenvalue weighted by Crippen LogP contribution is -1.86. The Morgan fingerprint density at radius 2 is 2.14 bits per heavy atom. The number of ether oxygens (including phenoxy) is 1. The van der Waals surface area contributed by atoms with Crippen molar-refractivity contribution in [3.8, 4) is 16.9 Å². The summed E-state index contributed by atoms with van der Waals surface area (Å²) in [4.78, 5) is 7.90. The van der Waals surface area contributed by atoms with Crippen LogP contribution in [0.3, 0.4) is 0 Å². The molecule has 2 aromatic heterocycles. The Labute approximate surface area is 128 Å². The zero-order valence-electron chi connectivity index (χ0n) is 12.5. The van der Waals surface area contributed by atoms with Gasteiger partial charge >= 0.3 is 0 Å². The lowest BCUT2D eigenvalue weighted by Gasteiger charge is -2.07. The molecular weight excluding hydrogens is 272 g/mol. The average molecular weight is 287 g/mol. The molecule has 1 N–H and O–H groups in total. The maximum atomic E-state index is 5.51. The minimum atomic E-state index is 0.828. The largest absolute Gasteiger partial charge is 0.495 e. The molecule has 107 valence electrons. The maximum Gasteiger partial charge on any atom is 0.143 e. The molecule has 0 unspecified atom stereocenters. The summed E-state index contributed by atoms with van der Waals surface area (Å²) in [5, 5.41) is 2.26. The van der Waals surface area contributed by atoms with E-state index in [0.29, 0.717) is 0 Å². The fourth-order valence-electron chi connectivity index (χ4n) is 2.94. The third-order valence-corrected chi connectivity index (χ3v) is 3.94. The van der Waals surface area contributed by atoms with Gasteiger partial charge in [-0.3, -0.25) is 0 Å². The molecule has 3 nitrogen and oxygen atoms in total. The molecule has 4 rings (SSSR count). The molecule has 0 atom stereocenters. The van der Waals surface area contributed by atoms with Gasteiger partial charge in [0.1, 0.15) is 11.4 Å². The molecule has 0 saturated heterocycles. The minimum Gasteiger partial charge on any atom is -0.495 e. The van der Waals surface area contributed by atoms with Gasteiger partial charge < -0.3 is 9.72 Å². The smallest absolute Gasteiger partial charge is 0.143 e. The fraction of sp³-hybridized carbons (Fsp3) is 0.105. The summed E-state index contributed by atoms with van der Waals surface area (Å²) in [6.07, 6.45) is 1.88. The molecule has 0 aliphatic rings. The first kappa shape index (κ1) is 12.9. The van der Waals surface area contributed by atoms with E-state index < -0.39 is 0 Å². The van der Waals surface area contributed by atoms with Crippen LogP contribution in [-0.4, -0.2) is 17.1 Å². The highest BCUT2D eigenvalue weighted by Gasteiger charge is 2.14. The number of nitrogens with one attached hydrogen (secondary N) is 1. The third kappa shape index (κ3) is 1.86. The Balaban J connectivity index is 2.18. The molecule has 0 aliphatic heterocycles. The SMILES string of the molecule is COc1ccc(-c2c[c]ccc2)c2c1[nH]c1ncc(C)cc12. The second-order valence-corrected chi connectivity index (χ2v) is 5.39. The fourth-order valence-corrected chi connectivity index (χ4v) is 2.94. The van der Waals surface area contributed by atoms with E-state index in [0.717, 1.165) is 44.4 Å². The van der Waals surface area contributed by atoms with Gasteiger partial charge in [-0.15, -0.1) is 0 Å². The summed E-state index contributed by atoms with van der Waals surface area (Å²) < 4.78 is 5.51. The van der Waals surface area contributed by atoms with Crippen LogP contribution in [0.15, 0.2) is 48.7 Å². The van der Waals surface area contributed by atoms with Crippen LogP contribution in [0, 0.1) is 13.0 Å². The van der Waals surface area contributed by atoms with Crippen LogP contribution in [-0.2, 0) is 0 Å². The number of nitrogens with zero attached hydrogens (tertiary/aromatic N) is 1. The van der Waals surface area contributed by atoms with Gasteiger partial charge in [0, 0.05) is 17.0 Å². The number of hydrogen-bond donors (Lipinski definition) is 1. The van der Waals surface area contributed by atoms with Crippen molar-refractivity contribution in [1.82, 2.24) is 9.97 Å². The summed E-state index contributed by atoms with van der Waals surface area (Å²) in [7, 11) is 1.69. The van der Waals surface area contributed by atoms with Gasteiger partial charge in [0.05, 0.1) is 12.6 Å². The number of hydrogen-bond acceptors (Lipinski definition) is 2. The number of aromatic nitrogens is 2. The van der Waals surface area contributed by atoms with Gasteiger partial charge in [-0.05, 0) is 53.9 Å². The van der Waals surface area contributed by atoms with Crippen LogP contribution in [0.25, 0.3) is 33.1 Å².